The molecule has 0 spiro atoms. The number of hydrogen-bond donors (Lipinski definition) is 2. The summed E-state index contributed by atoms with van der Waals surface area (Å²) in [7, 11) is -3.49. The first kappa shape index (κ1) is 30.5. The number of fused-ring (bicyclic) bond motifs is 2. The number of nitrogens with one attached hydrogen (secondary N) is 1. The minimum absolute atomic E-state index is 0.0163. The summed E-state index contributed by atoms with van der Waals surface area (Å²) in [6.07, 6.45) is 1.76. The van der Waals surface area contributed by atoms with Gasteiger partial charge in [0.25, 0.3) is 0 Å². The number of hydrogen-bond acceptors (Lipinski definition) is 8. The smallest absolute Gasteiger partial charge is 0.223 e. The summed E-state index contributed by atoms with van der Waals surface area (Å²) < 4.78 is 44.5. The highest BCUT2D eigenvalue weighted by Gasteiger charge is 2.53. The maximum Gasteiger partial charge on any atom is 0.223 e. The van der Waals surface area contributed by atoms with Gasteiger partial charge < -0.3 is 15.2 Å². The van der Waals surface area contributed by atoms with Gasteiger partial charge in [0.15, 0.2) is 9.84 Å². The Balaban J connectivity index is 1.24. The molecule has 6 atom stereocenters. The molecule has 1 saturated carbocycles. The number of rotatable bonds is 9. The minimum atomic E-state index is -3.49. The molecule has 1 aromatic heterocycles. The molecule has 5 rings (SSSR count). The van der Waals surface area contributed by atoms with E-state index in [-0.39, 0.29) is 46.5 Å². The number of halogens is 1. The lowest BCUT2D eigenvalue weighted by Gasteiger charge is -2.53. The fraction of sp³-hybridized carbons (Fsp3) is 0.667. The summed E-state index contributed by atoms with van der Waals surface area (Å²) in [5, 5.41) is 15.3. The van der Waals surface area contributed by atoms with Gasteiger partial charge in [0.05, 0.1) is 30.8 Å². The van der Waals surface area contributed by atoms with Gasteiger partial charge in [0, 0.05) is 42.9 Å². The van der Waals surface area contributed by atoms with Crippen LogP contribution in [0.4, 0.5) is 4.39 Å². The van der Waals surface area contributed by atoms with E-state index < -0.39 is 21.8 Å². The number of aliphatic hydroxyl groups is 1. The SMILES string of the molecule is CC(C(=O)NCCN1CCOCC1)C1CCC2(C)Cc3sc(CS(=O)(=O)Cc4ccc(F)cc4)nc3C(C)C2C1O. The highest BCUT2D eigenvalue weighted by atomic mass is 32.2. The number of sulfone groups is 1. The zero-order chi connectivity index (χ0) is 29.4. The van der Waals surface area contributed by atoms with Crippen molar-refractivity contribution >= 4 is 27.1 Å². The van der Waals surface area contributed by atoms with Crippen LogP contribution in [0.5, 0.6) is 0 Å². The number of aromatic nitrogens is 1. The van der Waals surface area contributed by atoms with Crippen LogP contribution in [0.3, 0.4) is 0 Å². The van der Waals surface area contributed by atoms with Crippen LogP contribution in [-0.2, 0) is 37.3 Å². The molecule has 6 unspecified atom stereocenters. The molecule has 11 heteroatoms. The molecule has 3 aliphatic rings. The third kappa shape index (κ3) is 6.85. The van der Waals surface area contributed by atoms with Crippen LogP contribution >= 0.6 is 11.3 Å². The average molecular weight is 608 g/mol. The normalized spacial score (nSPS) is 29.4. The molecule has 2 fully saturated rings. The average Bonchev–Trinajstić information content (AvgIpc) is 3.31. The Morgan fingerprint density at radius 1 is 1.27 bits per heavy atom. The second-order valence-electron chi connectivity index (χ2n) is 12.4. The quantitative estimate of drug-likeness (QED) is 0.449. The van der Waals surface area contributed by atoms with Crippen molar-refractivity contribution in [1.82, 2.24) is 15.2 Å². The molecule has 2 aliphatic carbocycles. The second kappa shape index (κ2) is 12.4. The van der Waals surface area contributed by atoms with Crippen LogP contribution in [0.15, 0.2) is 24.3 Å². The summed E-state index contributed by atoms with van der Waals surface area (Å²) >= 11 is 1.46. The van der Waals surface area contributed by atoms with Gasteiger partial charge in [-0.15, -0.1) is 11.3 Å². The number of carbonyl (C=O) groups is 1. The van der Waals surface area contributed by atoms with Gasteiger partial charge in [-0.05, 0) is 54.2 Å². The summed E-state index contributed by atoms with van der Waals surface area (Å²) in [6, 6.07) is 5.53. The molecule has 2 N–H and O–H groups in total. The van der Waals surface area contributed by atoms with E-state index in [1.54, 1.807) is 0 Å². The van der Waals surface area contributed by atoms with Crippen molar-refractivity contribution in [2.24, 2.45) is 23.2 Å². The lowest BCUT2D eigenvalue weighted by atomic mass is 9.53. The van der Waals surface area contributed by atoms with Crippen molar-refractivity contribution in [2.45, 2.75) is 63.6 Å². The lowest BCUT2D eigenvalue weighted by Crippen LogP contribution is -2.53. The Labute approximate surface area is 246 Å². The Kier molecular flexibility index (Phi) is 9.21. The summed E-state index contributed by atoms with van der Waals surface area (Å²) in [6.45, 7) is 10.8. The predicted octanol–water partition coefficient (Wildman–Crippen LogP) is 3.53. The predicted molar refractivity (Wildman–Crippen MR) is 157 cm³/mol. The number of ether oxygens (including phenoxy) is 1. The molecule has 2 aromatic rings. The molecule has 8 nitrogen and oxygen atoms in total. The zero-order valence-electron chi connectivity index (χ0n) is 24.1. The lowest BCUT2D eigenvalue weighted by molar-refractivity contribution is -0.134. The van der Waals surface area contributed by atoms with Crippen molar-refractivity contribution in [1.29, 1.82) is 0 Å². The topological polar surface area (TPSA) is 109 Å². The van der Waals surface area contributed by atoms with Crippen molar-refractivity contribution < 1.29 is 27.4 Å². The largest absolute Gasteiger partial charge is 0.392 e. The second-order valence-corrected chi connectivity index (χ2v) is 15.7. The number of amides is 1. The van der Waals surface area contributed by atoms with Crippen LogP contribution in [0, 0.1) is 29.0 Å². The molecular formula is C30H42FN3O5S2. The Hall–Kier alpha value is -1.92. The van der Waals surface area contributed by atoms with E-state index >= 15 is 0 Å². The van der Waals surface area contributed by atoms with Crippen LogP contribution in [-0.4, -0.2) is 74.8 Å². The highest BCUT2D eigenvalue weighted by Crippen LogP contribution is 2.57. The summed E-state index contributed by atoms with van der Waals surface area (Å²) in [5.74, 6) is -1.32. The monoisotopic (exact) mass is 607 g/mol. The van der Waals surface area contributed by atoms with Gasteiger partial charge in [-0.3, -0.25) is 9.69 Å². The van der Waals surface area contributed by atoms with Crippen molar-refractivity contribution in [2.75, 3.05) is 39.4 Å². The Morgan fingerprint density at radius 2 is 1.98 bits per heavy atom. The number of morpholine rings is 1. The van der Waals surface area contributed by atoms with Gasteiger partial charge in [0.2, 0.25) is 5.91 Å². The van der Waals surface area contributed by atoms with E-state index in [0.29, 0.717) is 17.1 Å². The molecule has 1 aliphatic heterocycles. The Bertz CT molecular complexity index is 1330. The first-order chi connectivity index (χ1) is 19.5. The summed E-state index contributed by atoms with van der Waals surface area (Å²) in [5.41, 5.74) is 1.28. The van der Waals surface area contributed by atoms with Gasteiger partial charge >= 0.3 is 0 Å². The fourth-order valence-corrected chi connectivity index (χ4v) is 10.4. The van der Waals surface area contributed by atoms with Gasteiger partial charge in [-0.2, -0.15) is 0 Å². The highest BCUT2D eigenvalue weighted by molar-refractivity contribution is 7.90. The van der Waals surface area contributed by atoms with E-state index in [4.69, 9.17) is 9.72 Å². The van der Waals surface area contributed by atoms with E-state index in [1.807, 2.05) is 6.92 Å². The van der Waals surface area contributed by atoms with Gasteiger partial charge in [0.1, 0.15) is 16.6 Å². The number of benzene rings is 1. The third-order valence-corrected chi connectivity index (χ3v) is 12.2. The molecule has 2 heterocycles. The fourth-order valence-electron chi connectivity index (χ4n) is 7.25. The molecular weight excluding hydrogens is 565 g/mol. The number of thiazole rings is 1. The Morgan fingerprint density at radius 3 is 2.68 bits per heavy atom. The minimum Gasteiger partial charge on any atom is -0.392 e. The molecule has 0 radical (unpaired) electrons. The summed E-state index contributed by atoms with van der Waals surface area (Å²) in [4.78, 5) is 21.3. The van der Waals surface area contributed by atoms with Crippen LogP contribution in [0.25, 0.3) is 0 Å². The van der Waals surface area contributed by atoms with E-state index in [2.05, 4.69) is 24.1 Å². The first-order valence-electron chi connectivity index (χ1n) is 14.6. The molecule has 226 valence electrons. The van der Waals surface area contributed by atoms with Gasteiger partial charge in [-0.25, -0.2) is 17.8 Å². The third-order valence-electron chi connectivity index (χ3n) is 9.50. The van der Waals surface area contributed by atoms with Gasteiger partial charge in [-0.1, -0.05) is 32.9 Å². The van der Waals surface area contributed by atoms with Crippen molar-refractivity contribution in [3.8, 4) is 0 Å². The molecule has 0 bridgehead atoms. The standard InChI is InChI=1S/C30H42FN3O5S2/c1-19(29(36)32-10-11-34-12-14-39-15-13-34)23-8-9-30(3)16-24-27(20(2)26(30)28(23)35)33-25(40-24)18-41(37,38)17-21-4-6-22(31)7-5-21/h4-7,19-20,23,26,28,35H,8-18H2,1-3H3,(H,32,36). The van der Waals surface area contributed by atoms with Crippen molar-refractivity contribution in [3.05, 3.63) is 51.2 Å². The molecule has 1 aromatic carbocycles. The number of carbonyl (C=O) groups excluding carboxylic acids is 1. The number of nitrogens with zero attached hydrogens (tertiary/aromatic N) is 2. The van der Waals surface area contributed by atoms with Crippen LogP contribution in [0.1, 0.15) is 60.7 Å². The van der Waals surface area contributed by atoms with Crippen molar-refractivity contribution in [3.63, 3.8) is 0 Å². The zero-order valence-corrected chi connectivity index (χ0v) is 25.8. The molecule has 41 heavy (non-hydrogen) atoms. The molecule has 1 amide bonds. The van der Waals surface area contributed by atoms with Crippen LogP contribution < -0.4 is 5.32 Å². The maximum absolute atomic E-state index is 13.2. The van der Waals surface area contributed by atoms with E-state index in [9.17, 15) is 22.7 Å². The maximum atomic E-state index is 13.2. The number of aliphatic hydroxyl groups excluding tert-OH is 1. The van der Waals surface area contributed by atoms with E-state index in [1.165, 1.54) is 35.6 Å². The first-order valence-corrected chi connectivity index (χ1v) is 17.3. The van der Waals surface area contributed by atoms with E-state index in [0.717, 1.165) is 62.7 Å². The van der Waals surface area contributed by atoms with Crippen LogP contribution in [0.2, 0.25) is 0 Å². The molecule has 1 saturated heterocycles.